The van der Waals surface area contributed by atoms with Crippen LogP contribution in [-0.4, -0.2) is 47.7 Å². The second-order valence-corrected chi connectivity index (χ2v) is 18.1. The number of benzene rings is 2. The first-order valence-electron chi connectivity index (χ1n) is 14.0. The van der Waals surface area contributed by atoms with E-state index in [1.54, 1.807) is 17.0 Å². The van der Waals surface area contributed by atoms with Gasteiger partial charge in [-0.2, -0.15) is 9.78 Å². The van der Waals surface area contributed by atoms with Gasteiger partial charge in [0.05, 0.1) is 25.3 Å². The fourth-order valence-electron chi connectivity index (χ4n) is 5.35. The summed E-state index contributed by atoms with van der Waals surface area (Å²) in [6.07, 6.45) is 4.22. The largest absolute Gasteiger partial charge is 0.461 e. The highest BCUT2D eigenvalue weighted by Gasteiger charge is 2.35. The van der Waals surface area contributed by atoms with Gasteiger partial charge in [-0.15, -0.1) is 0 Å². The second-order valence-electron chi connectivity index (χ2n) is 13.1. The molecule has 2 unspecified atom stereocenters. The van der Waals surface area contributed by atoms with Crippen molar-refractivity contribution in [2.24, 2.45) is 0 Å². The van der Waals surface area contributed by atoms with Crippen LogP contribution in [0.1, 0.15) is 63.6 Å². The van der Waals surface area contributed by atoms with Gasteiger partial charge in [0.25, 0.3) is 5.56 Å². The third-order valence-corrected chi connectivity index (χ3v) is 9.92. The van der Waals surface area contributed by atoms with Gasteiger partial charge in [0.1, 0.15) is 12.4 Å². The molecule has 2 heterocycles. The molecule has 0 spiro atoms. The van der Waals surface area contributed by atoms with Crippen LogP contribution in [0.2, 0.25) is 19.6 Å². The van der Waals surface area contributed by atoms with Gasteiger partial charge in [0.2, 0.25) is 5.91 Å². The Morgan fingerprint density at radius 1 is 1.17 bits per heavy atom. The van der Waals surface area contributed by atoms with E-state index in [0.29, 0.717) is 23.1 Å². The highest BCUT2D eigenvalue weighted by molar-refractivity contribution is 6.87. The van der Waals surface area contributed by atoms with Gasteiger partial charge in [0, 0.05) is 42.1 Å². The molecule has 0 radical (unpaired) electrons. The molecule has 0 saturated carbocycles. The van der Waals surface area contributed by atoms with Crippen molar-refractivity contribution in [3.63, 3.8) is 0 Å². The Labute approximate surface area is 242 Å². The average Bonchev–Trinajstić information content (AvgIpc) is 2.98. The molecule has 218 valence electrons. The molecule has 0 saturated heterocycles. The number of allylic oxidation sites excluding steroid dienone is 1. The fourth-order valence-corrected chi connectivity index (χ4v) is 6.87. The summed E-state index contributed by atoms with van der Waals surface area (Å²) in [5, 5.41) is 5.66. The zero-order chi connectivity index (χ0) is 30.4. The molecule has 0 aliphatic carbocycles. The van der Waals surface area contributed by atoms with E-state index < -0.39 is 25.4 Å². The van der Waals surface area contributed by atoms with Crippen molar-refractivity contribution in [2.75, 3.05) is 7.05 Å². The molecule has 7 nitrogen and oxygen atoms in total. The SMILES string of the molecule is CC(=O)OCc1c(C2C=C([Si](C)(C)C)C(=O)N(C)C(C)C2)cccc1-n1ncc2cc(C(C)(C)C)cc(F)c2c1=O. The van der Waals surface area contributed by atoms with E-state index in [-0.39, 0.29) is 35.3 Å². The summed E-state index contributed by atoms with van der Waals surface area (Å²) < 4.78 is 22.1. The van der Waals surface area contributed by atoms with Crippen LogP contribution in [0.5, 0.6) is 0 Å². The molecule has 4 rings (SSSR count). The second kappa shape index (κ2) is 11.0. The van der Waals surface area contributed by atoms with Crippen LogP contribution in [0.25, 0.3) is 16.5 Å². The summed E-state index contributed by atoms with van der Waals surface area (Å²) in [6, 6.07) is 8.66. The molecule has 1 aromatic heterocycles. The first-order chi connectivity index (χ1) is 19.0. The summed E-state index contributed by atoms with van der Waals surface area (Å²) in [6.45, 7) is 15.6. The summed E-state index contributed by atoms with van der Waals surface area (Å²) in [4.78, 5) is 40.9. The topological polar surface area (TPSA) is 81.5 Å². The van der Waals surface area contributed by atoms with E-state index in [1.165, 1.54) is 23.9 Å². The molecular weight excluding hydrogens is 537 g/mol. The smallest absolute Gasteiger partial charge is 0.302 e. The van der Waals surface area contributed by atoms with E-state index in [2.05, 4.69) is 30.8 Å². The van der Waals surface area contributed by atoms with Crippen molar-refractivity contribution < 1.29 is 18.7 Å². The molecule has 1 aliphatic rings. The number of esters is 1. The van der Waals surface area contributed by atoms with Crippen LogP contribution in [0, 0.1) is 5.82 Å². The molecule has 0 N–H and O–H groups in total. The van der Waals surface area contributed by atoms with Crippen molar-refractivity contribution in [1.29, 1.82) is 0 Å². The van der Waals surface area contributed by atoms with Gasteiger partial charge in [-0.3, -0.25) is 14.4 Å². The molecule has 2 aromatic carbocycles. The quantitative estimate of drug-likeness (QED) is 0.274. The molecule has 3 aromatic rings. The Morgan fingerprint density at radius 2 is 1.85 bits per heavy atom. The normalized spacial score (nSPS) is 18.3. The Kier molecular flexibility index (Phi) is 8.15. The Morgan fingerprint density at radius 3 is 2.46 bits per heavy atom. The van der Waals surface area contributed by atoms with Crippen molar-refractivity contribution in [2.45, 2.75) is 84.7 Å². The van der Waals surface area contributed by atoms with Gasteiger partial charge >= 0.3 is 5.97 Å². The third-order valence-electron chi connectivity index (χ3n) is 7.92. The van der Waals surface area contributed by atoms with Crippen molar-refractivity contribution in [1.82, 2.24) is 14.7 Å². The van der Waals surface area contributed by atoms with Gasteiger partial charge in [-0.05, 0) is 48.1 Å². The molecule has 1 aliphatic heterocycles. The lowest BCUT2D eigenvalue weighted by Gasteiger charge is -2.27. The third kappa shape index (κ3) is 6.05. The number of carbonyl (C=O) groups is 2. The Bertz CT molecular complexity index is 1610. The summed E-state index contributed by atoms with van der Waals surface area (Å²) >= 11 is 0. The number of hydrogen-bond acceptors (Lipinski definition) is 5. The number of fused-ring (bicyclic) bond motifs is 1. The van der Waals surface area contributed by atoms with Crippen molar-refractivity contribution >= 4 is 30.7 Å². The number of amides is 1. The first-order valence-corrected chi connectivity index (χ1v) is 17.5. The maximum atomic E-state index is 15.4. The lowest BCUT2D eigenvalue weighted by molar-refractivity contribution is -0.142. The minimum absolute atomic E-state index is 0.0365. The standard InChI is InChI=1S/C32H40FN3O4Si/c1-19-13-21(15-28(41(7,8)9)30(38)35(19)6)24-11-10-12-27(25(24)18-40-20(2)37)36-31(39)29-22(17-34-36)14-23(16-26(29)33)32(3,4)5/h10-12,14-17,19,21H,13,18H2,1-9H3. The number of hydrogen-bond donors (Lipinski definition) is 0. The van der Waals surface area contributed by atoms with Crippen LogP contribution in [0.4, 0.5) is 4.39 Å². The molecule has 0 fully saturated rings. The molecule has 2 atom stereocenters. The number of ether oxygens (including phenoxy) is 1. The minimum atomic E-state index is -2.02. The van der Waals surface area contributed by atoms with Gasteiger partial charge < -0.3 is 9.64 Å². The monoisotopic (exact) mass is 577 g/mol. The Hall–Kier alpha value is -3.59. The van der Waals surface area contributed by atoms with Crippen molar-refractivity contribution in [3.8, 4) is 5.69 Å². The highest BCUT2D eigenvalue weighted by atomic mass is 28.3. The molecule has 9 heteroatoms. The fraction of sp³-hybridized carbons (Fsp3) is 0.438. The van der Waals surface area contributed by atoms with Gasteiger partial charge in [-0.25, -0.2) is 4.39 Å². The number of nitrogens with zero attached hydrogens (tertiary/aromatic N) is 3. The Balaban J connectivity index is 1.96. The lowest BCUT2D eigenvalue weighted by atomic mass is 9.86. The van der Waals surface area contributed by atoms with E-state index >= 15 is 4.39 Å². The zero-order valence-corrected chi connectivity index (χ0v) is 26.5. The van der Waals surface area contributed by atoms with Gasteiger partial charge in [0.15, 0.2) is 0 Å². The number of aromatic nitrogens is 2. The van der Waals surface area contributed by atoms with Crippen LogP contribution in [0.15, 0.2) is 52.6 Å². The minimum Gasteiger partial charge on any atom is -0.461 e. The predicted molar refractivity (Wildman–Crippen MR) is 162 cm³/mol. The number of carbonyl (C=O) groups excluding carboxylic acids is 2. The van der Waals surface area contributed by atoms with Gasteiger partial charge in [-0.1, -0.05) is 58.6 Å². The number of halogens is 1. The predicted octanol–water partition coefficient (Wildman–Crippen LogP) is 6.02. The maximum absolute atomic E-state index is 15.4. The van der Waals surface area contributed by atoms with E-state index in [1.807, 2.05) is 46.9 Å². The summed E-state index contributed by atoms with van der Waals surface area (Å²) in [5.74, 6) is -1.20. The molecule has 1 amide bonds. The molecular formula is C32H40FN3O4Si. The van der Waals surface area contributed by atoms with E-state index in [0.717, 1.165) is 16.3 Å². The van der Waals surface area contributed by atoms with E-state index in [4.69, 9.17) is 4.74 Å². The molecule has 41 heavy (non-hydrogen) atoms. The van der Waals surface area contributed by atoms with E-state index in [9.17, 15) is 14.4 Å². The van der Waals surface area contributed by atoms with Crippen molar-refractivity contribution in [3.05, 3.63) is 80.7 Å². The zero-order valence-electron chi connectivity index (χ0n) is 25.5. The van der Waals surface area contributed by atoms with Crippen LogP contribution < -0.4 is 5.56 Å². The van der Waals surface area contributed by atoms with Crippen LogP contribution >= 0.6 is 0 Å². The number of likely N-dealkylation sites (N-methyl/N-ethyl adjacent to an activating group) is 1. The average molecular weight is 578 g/mol. The highest BCUT2D eigenvalue weighted by Crippen LogP contribution is 2.36. The van der Waals surface area contributed by atoms with Crippen LogP contribution in [-0.2, 0) is 26.3 Å². The lowest BCUT2D eigenvalue weighted by Crippen LogP contribution is -2.40. The summed E-state index contributed by atoms with van der Waals surface area (Å²) in [7, 11) is -0.187. The first kappa shape index (κ1) is 30.4. The van der Waals surface area contributed by atoms with Crippen LogP contribution in [0.3, 0.4) is 0 Å². The number of rotatable bonds is 5. The molecule has 0 bridgehead atoms. The summed E-state index contributed by atoms with van der Waals surface area (Å²) in [5.41, 5.74) is 1.73. The maximum Gasteiger partial charge on any atom is 0.302 e.